The predicted octanol–water partition coefficient (Wildman–Crippen LogP) is 2.57. The molecule has 0 bridgehead atoms. The Morgan fingerprint density at radius 3 is 2.91 bits per heavy atom. The number of aromatic nitrogens is 5. The molecule has 3 aromatic rings. The van der Waals surface area contributed by atoms with E-state index in [0.29, 0.717) is 21.8 Å². The van der Waals surface area contributed by atoms with Crippen molar-refractivity contribution in [2.45, 2.75) is 17.2 Å². The second kappa shape index (κ2) is 6.24. The zero-order valence-corrected chi connectivity index (χ0v) is 13.4. The van der Waals surface area contributed by atoms with Crippen molar-refractivity contribution in [2.75, 3.05) is 7.11 Å². The van der Waals surface area contributed by atoms with Crippen molar-refractivity contribution >= 4 is 29.1 Å². The number of hydrogen-bond acceptors (Lipinski definition) is 8. The minimum absolute atomic E-state index is 0.214. The second-order valence-electron chi connectivity index (χ2n) is 4.21. The van der Waals surface area contributed by atoms with Crippen molar-refractivity contribution in [1.82, 2.24) is 25.1 Å². The third kappa shape index (κ3) is 3.15. The molecule has 0 aliphatic carbocycles. The van der Waals surface area contributed by atoms with Gasteiger partial charge in [0.1, 0.15) is 0 Å². The quantitative estimate of drug-likeness (QED) is 0.579. The molecule has 0 saturated carbocycles. The molecule has 0 fully saturated rings. The lowest BCUT2D eigenvalue weighted by Crippen LogP contribution is -2.06. The molecule has 112 valence electrons. The Bertz CT molecular complexity index is 801. The van der Waals surface area contributed by atoms with E-state index in [1.807, 2.05) is 17.5 Å². The van der Waals surface area contributed by atoms with Crippen LogP contribution in [0.2, 0.25) is 0 Å². The van der Waals surface area contributed by atoms with Crippen molar-refractivity contribution < 1.29 is 9.53 Å². The number of thiophene rings is 1. The van der Waals surface area contributed by atoms with Crippen LogP contribution in [-0.4, -0.2) is 38.2 Å². The summed E-state index contributed by atoms with van der Waals surface area (Å²) < 4.78 is 4.68. The molecule has 0 saturated heterocycles. The molecule has 9 heteroatoms. The van der Waals surface area contributed by atoms with Crippen LogP contribution >= 0.6 is 23.1 Å². The van der Waals surface area contributed by atoms with Gasteiger partial charge in [-0.15, -0.1) is 16.4 Å². The Labute approximate surface area is 134 Å². The molecule has 22 heavy (non-hydrogen) atoms. The summed E-state index contributed by atoms with van der Waals surface area (Å²) in [5, 5.41) is 9.86. The van der Waals surface area contributed by atoms with Gasteiger partial charge in [-0.25, -0.2) is 19.7 Å². The van der Waals surface area contributed by atoms with E-state index in [1.54, 1.807) is 24.3 Å². The maximum absolute atomic E-state index is 11.6. The lowest BCUT2D eigenvalue weighted by atomic mass is 10.3. The minimum atomic E-state index is -0.499. The lowest BCUT2D eigenvalue weighted by molar-refractivity contribution is 0.0592. The van der Waals surface area contributed by atoms with Gasteiger partial charge in [0, 0.05) is 5.69 Å². The number of rotatable bonds is 4. The number of carbonyl (C=O) groups is 1. The Kier molecular flexibility index (Phi) is 4.16. The molecule has 0 atom stereocenters. The highest BCUT2D eigenvalue weighted by Gasteiger charge is 2.14. The number of hydrogen-bond donors (Lipinski definition) is 1. The number of ether oxygens (including phenoxy) is 1. The number of esters is 1. The molecule has 0 aliphatic heterocycles. The minimum Gasteiger partial charge on any atom is -0.464 e. The molecule has 1 N–H and O–H groups in total. The molecule has 3 aromatic heterocycles. The van der Waals surface area contributed by atoms with Crippen LogP contribution in [0.4, 0.5) is 0 Å². The van der Waals surface area contributed by atoms with Gasteiger partial charge in [0.25, 0.3) is 0 Å². The first-order valence-corrected chi connectivity index (χ1v) is 7.93. The van der Waals surface area contributed by atoms with Crippen LogP contribution in [0.25, 0.3) is 10.7 Å². The summed E-state index contributed by atoms with van der Waals surface area (Å²) in [5.41, 5.74) is 0.887. The standard InChI is InChI=1S/C13H11N5O2S2/c1-7-6-8(11(19)20-2)15-12(14-7)22-13-16-10(17-18-13)9-4-3-5-21-9/h3-6H,1-2H3,(H,16,17,18). The smallest absolute Gasteiger partial charge is 0.356 e. The number of aryl methyl sites for hydroxylation is 1. The Morgan fingerprint density at radius 1 is 1.32 bits per heavy atom. The molecule has 0 aromatic carbocycles. The summed E-state index contributed by atoms with van der Waals surface area (Å²) in [6, 6.07) is 5.48. The van der Waals surface area contributed by atoms with Gasteiger partial charge in [-0.05, 0) is 36.2 Å². The van der Waals surface area contributed by atoms with E-state index >= 15 is 0 Å². The lowest BCUT2D eigenvalue weighted by Gasteiger charge is -2.02. The number of nitrogens with one attached hydrogen (secondary N) is 1. The normalized spacial score (nSPS) is 10.6. The molecular weight excluding hydrogens is 322 g/mol. The molecule has 0 aliphatic rings. The van der Waals surface area contributed by atoms with Crippen molar-refractivity contribution in [3.05, 3.63) is 35.0 Å². The van der Waals surface area contributed by atoms with Crippen LogP contribution < -0.4 is 0 Å². The van der Waals surface area contributed by atoms with Gasteiger partial charge in [0.2, 0.25) is 5.16 Å². The van der Waals surface area contributed by atoms with Crippen LogP contribution in [0.15, 0.2) is 33.9 Å². The van der Waals surface area contributed by atoms with Crippen LogP contribution in [-0.2, 0) is 4.74 Å². The predicted molar refractivity (Wildman–Crippen MR) is 81.9 cm³/mol. The highest BCUT2D eigenvalue weighted by atomic mass is 32.2. The molecule has 0 amide bonds. The Hall–Kier alpha value is -2.26. The van der Waals surface area contributed by atoms with Crippen LogP contribution in [0.1, 0.15) is 16.2 Å². The fourth-order valence-electron chi connectivity index (χ4n) is 1.69. The van der Waals surface area contributed by atoms with E-state index in [9.17, 15) is 4.79 Å². The SMILES string of the molecule is COC(=O)c1cc(C)nc(Sc2n[nH]c(-c3cccs3)n2)n1. The maximum atomic E-state index is 11.6. The van der Waals surface area contributed by atoms with E-state index in [1.165, 1.54) is 18.9 Å². The number of carbonyl (C=O) groups excluding carboxylic acids is 1. The Balaban J connectivity index is 1.84. The first-order chi connectivity index (χ1) is 10.7. The van der Waals surface area contributed by atoms with Gasteiger partial charge in [-0.2, -0.15) is 0 Å². The molecular formula is C13H11N5O2S2. The summed E-state index contributed by atoms with van der Waals surface area (Å²) in [6.07, 6.45) is 0. The number of aromatic amines is 1. The highest BCUT2D eigenvalue weighted by molar-refractivity contribution is 7.99. The molecule has 0 radical (unpaired) electrons. The van der Waals surface area contributed by atoms with Gasteiger partial charge in [-0.1, -0.05) is 6.07 Å². The largest absolute Gasteiger partial charge is 0.464 e. The average Bonchev–Trinajstić information content (AvgIpc) is 3.16. The first kappa shape index (κ1) is 14.7. The van der Waals surface area contributed by atoms with Crippen molar-refractivity contribution in [1.29, 1.82) is 0 Å². The van der Waals surface area contributed by atoms with Gasteiger partial charge >= 0.3 is 5.97 Å². The molecule has 7 nitrogen and oxygen atoms in total. The van der Waals surface area contributed by atoms with Crippen molar-refractivity contribution in [3.63, 3.8) is 0 Å². The van der Waals surface area contributed by atoms with Gasteiger partial charge in [0.15, 0.2) is 16.7 Å². The summed E-state index contributed by atoms with van der Waals surface area (Å²) in [6.45, 7) is 1.78. The highest BCUT2D eigenvalue weighted by Crippen LogP contribution is 2.26. The van der Waals surface area contributed by atoms with E-state index in [4.69, 9.17) is 0 Å². The van der Waals surface area contributed by atoms with E-state index in [0.717, 1.165) is 4.88 Å². The first-order valence-electron chi connectivity index (χ1n) is 6.24. The molecule has 0 spiro atoms. The molecule has 3 rings (SSSR count). The zero-order valence-electron chi connectivity index (χ0n) is 11.7. The van der Waals surface area contributed by atoms with Crippen LogP contribution in [0, 0.1) is 6.92 Å². The van der Waals surface area contributed by atoms with Crippen LogP contribution in [0.5, 0.6) is 0 Å². The van der Waals surface area contributed by atoms with E-state index < -0.39 is 5.97 Å². The maximum Gasteiger partial charge on any atom is 0.356 e. The number of H-pyrrole nitrogens is 1. The Morgan fingerprint density at radius 2 is 2.18 bits per heavy atom. The van der Waals surface area contributed by atoms with Gasteiger partial charge in [-0.3, -0.25) is 5.10 Å². The van der Waals surface area contributed by atoms with Gasteiger partial charge < -0.3 is 4.74 Å². The van der Waals surface area contributed by atoms with E-state index in [-0.39, 0.29) is 5.69 Å². The second-order valence-corrected chi connectivity index (χ2v) is 6.10. The third-order valence-corrected chi connectivity index (χ3v) is 4.24. The molecule has 3 heterocycles. The number of nitrogens with zero attached hydrogens (tertiary/aromatic N) is 4. The summed E-state index contributed by atoms with van der Waals surface area (Å²) in [4.78, 5) is 25.4. The average molecular weight is 333 g/mol. The summed E-state index contributed by atoms with van der Waals surface area (Å²) in [7, 11) is 1.31. The molecule has 0 unspecified atom stereocenters. The zero-order chi connectivity index (χ0) is 15.5. The number of methoxy groups -OCH3 is 1. The van der Waals surface area contributed by atoms with Crippen molar-refractivity contribution in [2.24, 2.45) is 0 Å². The van der Waals surface area contributed by atoms with E-state index in [2.05, 4.69) is 29.9 Å². The summed E-state index contributed by atoms with van der Waals surface area (Å²) >= 11 is 2.76. The monoisotopic (exact) mass is 333 g/mol. The van der Waals surface area contributed by atoms with Crippen LogP contribution in [0.3, 0.4) is 0 Å². The van der Waals surface area contributed by atoms with Crippen molar-refractivity contribution in [3.8, 4) is 10.7 Å². The topological polar surface area (TPSA) is 93.7 Å². The third-order valence-electron chi connectivity index (χ3n) is 2.63. The fourth-order valence-corrected chi connectivity index (χ4v) is 3.08. The fraction of sp³-hybridized carbons (Fsp3) is 0.154. The van der Waals surface area contributed by atoms with Gasteiger partial charge in [0.05, 0.1) is 12.0 Å². The summed E-state index contributed by atoms with van der Waals surface area (Å²) in [5.74, 6) is 0.194.